The van der Waals surface area contributed by atoms with Gasteiger partial charge in [0.25, 0.3) is 0 Å². The summed E-state index contributed by atoms with van der Waals surface area (Å²) in [5.41, 5.74) is 5.67. The van der Waals surface area contributed by atoms with Crippen LogP contribution in [0.4, 0.5) is 4.79 Å². The standard InChI is InChI=1S/C12H24N2O2.ClH/c1-5-12(13)6-8-14(9-7-12)10(15)16-11(2,3)4;/h5-9,13H2,1-4H3;1H. The number of amides is 1. The van der Waals surface area contributed by atoms with Crippen LogP contribution in [0.15, 0.2) is 0 Å². The Kier molecular flexibility index (Phi) is 5.75. The number of rotatable bonds is 1. The molecule has 0 aliphatic carbocycles. The van der Waals surface area contributed by atoms with Crippen molar-refractivity contribution < 1.29 is 9.53 Å². The molecule has 102 valence electrons. The molecule has 2 N–H and O–H groups in total. The van der Waals surface area contributed by atoms with E-state index in [2.05, 4.69) is 6.92 Å². The number of carbonyl (C=O) groups is 1. The molecule has 1 heterocycles. The highest BCUT2D eigenvalue weighted by Crippen LogP contribution is 2.23. The fourth-order valence-corrected chi connectivity index (χ4v) is 1.81. The summed E-state index contributed by atoms with van der Waals surface area (Å²) in [5.74, 6) is 0. The van der Waals surface area contributed by atoms with E-state index in [1.54, 1.807) is 4.90 Å². The second-order valence-electron chi connectivity index (χ2n) is 5.68. The van der Waals surface area contributed by atoms with Gasteiger partial charge in [0.15, 0.2) is 0 Å². The van der Waals surface area contributed by atoms with Gasteiger partial charge in [0, 0.05) is 18.6 Å². The van der Waals surface area contributed by atoms with Crippen molar-refractivity contribution in [1.82, 2.24) is 4.90 Å². The van der Waals surface area contributed by atoms with E-state index >= 15 is 0 Å². The molecule has 17 heavy (non-hydrogen) atoms. The van der Waals surface area contributed by atoms with Crippen LogP contribution in [0.3, 0.4) is 0 Å². The van der Waals surface area contributed by atoms with Crippen LogP contribution in [0, 0.1) is 0 Å². The maximum absolute atomic E-state index is 11.8. The van der Waals surface area contributed by atoms with Gasteiger partial charge in [-0.25, -0.2) is 4.79 Å². The van der Waals surface area contributed by atoms with Crippen LogP contribution in [0.5, 0.6) is 0 Å². The Balaban J connectivity index is 0.00000256. The van der Waals surface area contributed by atoms with Crippen LogP contribution in [-0.2, 0) is 4.74 Å². The number of nitrogens with two attached hydrogens (primary N) is 1. The van der Waals surface area contributed by atoms with Crippen molar-refractivity contribution in [2.24, 2.45) is 5.73 Å². The van der Waals surface area contributed by atoms with Gasteiger partial charge in [-0.1, -0.05) is 6.92 Å². The van der Waals surface area contributed by atoms with E-state index < -0.39 is 5.60 Å². The van der Waals surface area contributed by atoms with Crippen LogP contribution in [0.1, 0.15) is 47.0 Å². The summed E-state index contributed by atoms with van der Waals surface area (Å²) >= 11 is 0. The van der Waals surface area contributed by atoms with E-state index in [1.165, 1.54) is 0 Å². The molecule has 0 aromatic rings. The molecular weight excluding hydrogens is 240 g/mol. The summed E-state index contributed by atoms with van der Waals surface area (Å²) in [6.45, 7) is 9.16. The third-order valence-electron chi connectivity index (χ3n) is 3.12. The fraction of sp³-hybridized carbons (Fsp3) is 0.917. The Labute approximate surface area is 110 Å². The number of piperidine rings is 1. The zero-order chi connectivity index (χ0) is 12.4. The first kappa shape index (κ1) is 16.5. The normalized spacial score (nSPS) is 19.5. The quantitative estimate of drug-likeness (QED) is 0.792. The Hall–Kier alpha value is -0.480. The molecule has 4 nitrogen and oxygen atoms in total. The number of hydrogen-bond donors (Lipinski definition) is 1. The summed E-state index contributed by atoms with van der Waals surface area (Å²) in [6.07, 6.45) is 2.48. The molecule has 1 rings (SSSR count). The van der Waals surface area contributed by atoms with Crippen molar-refractivity contribution in [3.8, 4) is 0 Å². The molecule has 1 fully saturated rings. The zero-order valence-electron chi connectivity index (χ0n) is 11.3. The van der Waals surface area contributed by atoms with E-state index in [4.69, 9.17) is 10.5 Å². The lowest BCUT2D eigenvalue weighted by atomic mass is 9.86. The van der Waals surface area contributed by atoms with Gasteiger partial charge in [0.1, 0.15) is 5.60 Å². The summed E-state index contributed by atoms with van der Waals surface area (Å²) in [7, 11) is 0. The Morgan fingerprint density at radius 2 is 1.82 bits per heavy atom. The molecular formula is C12H25ClN2O2. The van der Waals surface area contributed by atoms with Crippen molar-refractivity contribution in [3.05, 3.63) is 0 Å². The van der Waals surface area contributed by atoms with Gasteiger partial charge in [-0.15, -0.1) is 12.4 Å². The number of halogens is 1. The van der Waals surface area contributed by atoms with Gasteiger partial charge in [-0.2, -0.15) is 0 Å². The van der Waals surface area contributed by atoms with Crippen molar-refractivity contribution in [2.45, 2.75) is 58.1 Å². The third kappa shape index (κ3) is 5.13. The van der Waals surface area contributed by atoms with Gasteiger partial charge >= 0.3 is 6.09 Å². The largest absolute Gasteiger partial charge is 0.444 e. The van der Waals surface area contributed by atoms with E-state index in [0.29, 0.717) is 13.1 Å². The summed E-state index contributed by atoms with van der Waals surface area (Å²) in [6, 6.07) is 0. The Bertz CT molecular complexity index is 256. The zero-order valence-corrected chi connectivity index (χ0v) is 12.1. The van der Waals surface area contributed by atoms with Gasteiger partial charge in [-0.05, 0) is 40.0 Å². The highest BCUT2D eigenvalue weighted by molar-refractivity contribution is 5.85. The van der Waals surface area contributed by atoms with E-state index in [0.717, 1.165) is 19.3 Å². The molecule has 0 saturated carbocycles. The first-order chi connectivity index (χ1) is 7.26. The van der Waals surface area contributed by atoms with Crippen LogP contribution in [-0.4, -0.2) is 35.2 Å². The second kappa shape index (κ2) is 5.91. The summed E-state index contributed by atoms with van der Waals surface area (Å²) in [4.78, 5) is 13.5. The van der Waals surface area contributed by atoms with Gasteiger partial charge in [0.05, 0.1) is 0 Å². The van der Waals surface area contributed by atoms with Crippen molar-refractivity contribution >= 4 is 18.5 Å². The lowest BCUT2D eigenvalue weighted by molar-refractivity contribution is 0.0167. The third-order valence-corrected chi connectivity index (χ3v) is 3.12. The number of ether oxygens (including phenoxy) is 1. The van der Waals surface area contributed by atoms with Crippen LogP contribution < -0.4 is 5.73 Å². The topological polar surface area (TPSA) is 55.6 Å². The minimum absolute atomic E-state index is 0. The molecule has 5 heteroatoms. The Morgan fingerprint density at radius 1 is 1.35 bits per heavy atom. The summed E-state index contributed by atoms with van der Waals surface area (Å²) in [5, 5.41) is 0. The number of likely N-dealkylation sites (tertiary alicyclic amines) is 1. The maximum Gasteiger partial charge on any atom is 0.410 e. The fourth-order valence-electron chi connectivity index (χ4n) is 1.81. The highest BCUT2D eigenvalue weighted by Gasteiger charge is 2.32. The van der Waals surface area contributed by atoms with E-state index in [9.17, 15) is 4.79 Å². The van der Waals surface area contributed by atoms with Gasteiger partial charge < -0.3 is 15.4 Å². The predicted octanol–water partition coefficient (Wildman–Crippen LogP) is 2.55. The minimum Gasteiger partial charge on any atom is -0.444 e. The molecule has 0 atom stereocenters. The average molecular weight is 265 g/mol. The number of hydrogen-bond acceptors (Lipinski definition) is 3. The molecule has 0 aromatic carbocycles. The van der Waals surface area contributed by atoms with Gasteiger partial charge in [-0.3, -0.25) is 0 Å². The van der Waals surface area contributed by atoms with E-state index in [-0.39, 0.29) is 24.0 Å². The first-order valence-electron chi connectivity index (χ1n) is 6.02. The molecule has 1 amide bonds. The van der Waals surface area contributed by atoms with Crippen LogP contribution in [0.25, 0.3) is 0 Å². The lowest BCUT2D eigenvalue weighted by Gasteiger charge is -2.39. The predicted molar refractivity (Wildman–Crippen MR) is 71.5 cm³/mol. The van der Waals surface area contributed by atoms with Gasteiger partial charge in [0.2, 0.25) is 0 Å². The molecule has 1 aliphatic rings. The van der Waals surface area contributed by atoms with Crippen molar-refractivity contribution in [2.75, 3.05) is 13.1 Å². The Morgan fingerprint density at radius 3 is 2.18 bits per heavy atom. The molecule has 0 spiro atoms. The smallest absolute Gasteiger partial charge is 0.410 e. The van der Waals surface area contributed by atoms with Crippen molar-refractivity contribution in [1.29, 1.82) is 0 Å². The molecule has 0 bridgehead atoms. The molecule has 0 radical (unpaired) electrons. The maximum atomic E-state index is 11.8. The highest BCUT2D eigenvalue weighted by atomic mass is 35.5. The van der Waals surface area contributed by atoms with Crippen LogP contribution >= 0.6 is 12.4 Å². The van der Waals surface area contributed by atoms with Crippen LogP contribution in [0.2, 0.25) is 0 Å². The number of carbonyl (C=O) groups excluding carboxylic acids is 1. The monoisotopic (exact) mass is 264 g/mol. The molecule has 0 unspecified atom stereocenters. The second-order valence-corrected chi connectivity index (χ2v) is 5.68. The first-order valence-corrected chi connectivity index (χ1v) is 6.02. The average Bonchev–Trinajstić information content (AvgIpc) is 2.16. The SMILES string of the molecule is CCC1(N)CCN(C(=O)OC(C)(C)C)CC1.Cl. The van der Waals surface area contributed by atoms with Crippen molar-refractivity contribution in [3.63, 3.8) is 0 Å². The molecule has 1 aliphatic heterocycles. The minimum atomic E-state index is -0.418. The van der Waals surface area contributed by atoms with E-state index in [1.807, 2.05) is 20.8 Å². The molecule has 1 saturated heterocycles. The molecule has 0 aromatic heterocycles. The lowest BCUT2D eigenvalue weighted by Crippen LogP contribution is -2.52. The number of nitrogens with zero attached hydrogens (tertiary/aromatic N) is 1. The summed E-state index contributed by atoms with van der Waals surface area (Å²) < 4.78 is 5.33.